The van der Waals surface area contributed by atoms with E-state index in [0.29, 0.717) is 0 Å². The second-order valence-electron chi connectivity index (χ2n) is 7.57. The van der Waals surface area contributed by atoms with Crippen molar-refractivity contribution >= 4 is 28.4 Å². The van der Waals surface area contributed by atoms with Crippen LogP contribution in [0, 0.1) is 0 Å². The first-order valence-corrected chi connectivity index (χ1v) is 12.0. The van der Waals surface area contributed by atoms with Crippen molar-refractivity contribution in [2.24, 2.45) is 0 Å². The lowest BCUT2D eigenvalue weighted by atomic mass is 9.91. The fourth-order valence-corrected chi connectivity index (χ4v) is 4.92. The highest BCUT2D eigenvalue weighted by molar-refractivity contribution is 8.22. The van der Waals surface area contributed by atoms with Gasteiger partial charge in [0.15, 0.2) is 0 Å². The summed E-state index contributed by atoms with van der Waals surface area (Å²) in [5.41, 5.74) is 0.0780. The van der Waals surface area contributed by atoms with Crippen LogP contribution in [-0.4, -0.2) is 15.7 Å². The van der Waals surface area contributed by atoms with Gasteiger partial charge in [-0.1, -0.05) is 103 Å². The Morgan fingerprint density at radius 3 is 1.54 bits per heavy atom. The molecule has 0 N–H and O–H groups in total. The third kappa shape index (κ3) is 10.3. The van der Waals surface area contributed by atoms with Crippen LogP contribution >= 0.6 is 24.0 Å². The van der Waals surface area contributed by atoms with E-state index >= 15 is 0 Å². The summed E-state index contributed by atoms with van der Waals surface area (Å²) >= 11 is 7.07. The van der Waals surface area contributed by atoms with Gasteiger partial charge in [-0.15, -0.1) is 0 Å². The lowest BCUT2D eigenvalue weighted by Crippen LogP contribution is -2.31. The van der Waals surface area contributed by atoms with Gasteiger partial charge in [0.05, 0.1) is 0 Å². The molecular weight excluding hydrogens is 332 g/mol. The molecule has 1 fully saturated rings. The average Bonchev–Trinajstić information content (AvgIpc) is 2.94. The van der Waals surface area contributed by atoms with E-state index in [9.17, 15) is 0 Å². The van der Waals surface area contributed by atoms with Crippen LogP contribution in [-0.2, 0) is 4.74 Å². The number of rotatable bonds is 16. The third-order valence-corrected chi connectivity index (χ3v) is 6.65. The predicted octanol–water partition coefficient (Wildman–Crippen LogP) is 8.05. The van der Waals surface area contributed by atoms with Gasteiger partial charge < -0.3 is 4.74 Å². The first kappa shape index (κ1) is 22.3. The van der Waals surface area contributed by atoms with E-state index in [1.54, 1.807) is 11.8 Å². The van der Waals surface area contributed by atoms with Crippen LogP contribution < -0.4 is 0 Å². The molecular formula is C21H40OS2. The minimum atomic E-state index is 0.0780. The predicted molar refractivity (Wildman–Crippen MR) is 114 cm³/mol. The molecule has 142 valence electrons. The average molecular weight is 373 g/mol. The van der Waals surface area contributed by atoms with E-state index in [-0.39, 0.29) is 5.60 Å². The van der Waals surface area contributed by atoms with Gasteiger partial charge in [-0.3, -0.25) is 0 Å². The Bertz CT molecular complexity index is 299. The van der Waals surface area contributed by atoms with E-state index in [4.69, 9.17) is 17.0 Å². The Labute approximate surface area is 161 Å². The van der Waals surface area contributed by atoms with Crippen LogP contribution in [0.3, 0.4) is 0 Å². The van der Waals surface area contributed by atoms with Crippen molar-refractivity contribution in [1.82, 2.24) is 0 Å². The van der Waals surface area contributed by atoms with Crippen LogP contribution in [0.4, 0.5) is 0 Å². The fraction of sp³-hybridized carbons (Fsp3) is 0.952. The van der Waals surface area contributed by atoms with E-state index < -0.39 is 0 Å². The number of unbranched alkanes of at least 4 members (excludes halogenated alkanes) is 12. The molecule has 0 aliphatic carbocycles. The lowest BCUT2D eigenvalue weighted by molar-refractivity contribution is 0.0723. The molecule has 1 rings (SSSR count). The minimum absolute atomic E-state index is 0.0780. The summed E-state index contributed by atoms with van der Waals surface area (Å²) in [4.78, 5) is 0. The van der Waals surface area contributed by atoms with Crippen LogP contribution in [0.15, 0.2) is 0 Å². The first-order valence-electron chi connectivity index (χ1n) is 10.6. The van der Waals surface area contributed by atoms with Crippen molar-refractivity contribution in [3.63, 3.8) is 0 Å². The molecule has 24 heavy (non-hydrogen) atoms. The second-order valence-corrected chi connectivity index (χ2v) is 9.14. The normalized spacial score (nSPS) is 16.5. The zero-order valence-corrected chi connectivity index (χ0v) is 17.9. The summed E-state index contributed by atoms with van der Waals surface area (Å²) in [6.07, 6.45) is 21.7. The molecule has 0 amide bonds. The maximum Gasteiger partial charge on any atom is 0.220 e. The standard InChI is InChI=1S/C21H40OS2/c1-3-5-7-9-11-13-15-17-21(19-24-20(23)22-21)18-16-14-12-10-8-6-4-2/h3-19H2,1-2H3. The summed E-state index contributed by atoms with van der Waals surface area (Å²) in [5, 5.41) is 0. The van der Waals surface area contributed by atoms with Crippen molar-refractivity contribution in [2.75, 3.05) is 5.75 Å². The Kier molecular flexibility index (Phi) is 13.4. The molecule has 0 bridgehead atoms. The van der Waals surface area contributed by atoms with Gasteiger partial charge in [-0.25, -0.2) is 0 Å². The molecule has 0 radical (unpaired) electrons. The fourth-order valence-electron chi connectivity index (χ4n) is 3.61. The Hall–Kier alpha value is 0.240. The molecule has 0 aromatic carbocycles. The van der Waals surface area contributed by atoms with Gasteiger partial charge in [0.25, 0.3) is 0 Å². The number of ether oxygens (including phenoxy) is 1. The molecule has 0 aromatic rings. The molecule has 0 atom stereocenters. The Balaban J connectivity index is 2.14. The zero-order valence-electron chi connectivity index (χ0n) is 16.2. The first-order chi connectivity index (χ1) is 11.7. The maximum absolute atomic E-state index is 6.13. The van der Waals surface area contributed by atoms with Crippen molar-refractivity contribution in [1.29, 1.82) is 0 Å². The van der Waals surface area contributed by atoms with Gasteiger partial charge in [0, 0.05) is 5.75 Å². The summed E-state index contributed by atoms with van der Waals surface area (Å²) < 4.78 is 6.93. The van der Waals surface area contributed by atoms with Gasteiger partial charge in [-0.05, 0) is 37.9 Å². The topological polar surface area (TPSA) is 9.23 Å². The molecule has 0 saturated carbocycles. The van der Waals surface area contributed by atoms with Crippen molar-refractivity contribution in [2.45, 2.75) is 122 Å². The number of thiocarbonyl (C=S) groups is 1. The molecule has 1 saturated heterocycles. The maximum atomic E-state index is 6.13. The molecule has 0 unspecified atom stereocenters. The van der Waals surface area contributed by atoms with Gasteiger partial charge in [0.2, 0.25) is 4.38 Å². The van der Waals surface area contributed by atoms with Crippen molar-refractivity contribution < 1.29 is 4.74 Å². The lowest BCUT2D eigenvalue weighted by Gasteiger charge is -2.27. The van der Waals surface area contributed by atoms with Gasteiger partial charge in [0.1, 0.15) is 5.60 Å². The largest absolute Gasteiger partial charge is 0.471 e. The molecule has 1 nitrogen and oxygen atoms in total. The van der Waals surface area contributed by atoms with E-state index in [0.717, 1.165) is 10.1 Å². The SMILES string of the molecule is CCCCCCCCCC1(CCCCCCCCC)CSC(=S)O1. The third-order valence-electron chi connectivity index (χ3n) is 5.22. The Morgan fingerprint density at radius 2 is 1.17 bits per heavy atom. The number of hydrogen-bond acceptors (Lipinski definition) is 3. The number of thioether (sulfide) groups is 1. The monoisotopic (exact) mass is 372 g/mol. The molecule has 1 aliphatic rings. The molecule has 0 spiro atoms. The summed E-state index contributed by atoms with van der Waals surface area (Å²) in [6, 6.07) is 0. The highest BCUT2D eigenvalue weighted by Crippen LogP contribution is 2.38. The summed E-state index contributed by atoms with van der Waals surface area (Å²) in [5.74, 6) is 1.09. The molecule has 3 heteroatoms. The highest BCUT2D eigenvalue weighted by atomic mass is 32.2. The van der Waals surface area contributed by atoms with Crippen LogP contribution in [0.2, 0.25) is 0 Å². The summed E-state index contributed by atoms with van der Waals surface area (Å²) in [7, 11) is 0. The molecule has 0 aromatic heterocycles. The second kappa shape index (κ2) is 14.4. The highest BCUT2D eigenvalue weighted by Gasteiger charge is 2.38. The van der Waals surface area contributed by atoms with E-state index in [1.807, 2.05) is 0 Å². The smallest absolute Gasteiger partial charge is 0.220 e. The Morgan fingerprint density at radius 1 is 0.750 bits per heavy atom. The van der Waals surface area contributed by atoms with E-state index in [1.165, 1.54) is 103 Å². The molecule has 1 aliphatic heterocycles. The zero-order chi connectivity index (χ0) is 17.5. The quantitative estimate of drug-likeness (QED) is 0.200. The van der Waals surface area contributed by atoms with Crippen molar-refractivity contribution in [3.05, 3.63) is 0 Å². The van der Waals surface area contributed by atoms with Crippen molar-refractivity contribution in [3.8, 4) is 0 Å². The van der Waals surface area contributed by atoms with Crippen LogP contribution in [0.5, 0.6) is 0 Å². The van der Waals surface area contributed by atoms with Gasteiger partial charge >= 0.3 is 0 Å². The minimum Gasteiger partial charge on any atom is -0.471 e. The van der Waals surface area contributed by atoms with Crippen LogP contribution in [0.25, 0.3) is 0 Å². The van der Waals surface area contributed by atoms with Gasteiger partial charge in [-0.2, -0.15) is 0 Å². The van der Waals surface area contributed by atoms with E-state index in [2.05, 4.69) is 13.8 Å². The molecule has 1 heterocycles. The number of hydrogen-bond donors (Lipinski definition) is 0. The summed E-state index contributed by atoms with van der Waals surface area (Å²) in [6.45, 7) is 4.57. The van der Waals surface area contributed by atoms with Crippen LogP contribution in [0.1, 0.15) is 117 Å².